The first-order chi connectivity index (χ1) is 9.40. The molecule has 0 aliphatic carbocycles. The molecule has 0 spiro atoms. The fourth-order valence-corrected chi connectivity index (χ4v) is 1.80. The molecule has 0 unspecified atom stereocenters. The fourth-order valence-electron chi connectivity index (χ4n) is 1.80. The van der Waals surface area contributed by atoms with Gasteiger partial charge >= 0.3 is 0 Å². The number of furan rings is 1. The number of hydrogen-bond acceptors (Lipinski definition) is 2. The molecule has 0 bridgehead atoms. The van der Waals surface area contributed by atoms with Crippen LogP contribution >= 0.6 is 0 Å². The van der Waals surface area contributed by atoms with Crippen molar-refractivity contribution < 1.29 is 22.4 Å². The molecule has 0 N–H and O–H groups in total. The zero-order valence-electron chi connectivity index (χ0n) is 10.9. The van der Waals surface area contributed by atoms with Gasteiger partial charge in [0.15, 0.2) is 17.5 Å². The van der Waals surface area contributed by atoms with Gasteiger partial charge in [-0.2, -0.15) is 0 Å². The molecule has 6 heteroatoms. The minimum absolute atomic E-state index is 0.224. The molecule has 1 aromatic heterocycles. The molecule has 0 fully saturated rings. The summed E-state index contributed by atoms with van der Waals surface area (Å²) in [5.41, 5.74) is 0.536. The van der Waals surface area contributed by atoms with Crippen molar-refractivity contribution >= 4 is 5.91 Å². The summed E-state index contributed by atoms with van der Waals surface area (Å²) in [6, 6.07) is 3.06. The van der Waals surface area contributed by atoms with Gasteiger partial charge < -0.3 is 9.32 Å². The van der Waals surface area contributed by atoms with Crippen LogP contribution in [0.5, 0.6) is 0 Å². The van der Waals surface area contributed by atoms with Crippen molar-refractivity contribution in [3.8, 4) is 0 Å². The molecular formula is C14H12F3NO2. The Balaban J connectivity index is 2.21. The SMILES string of the molecule is Cc1occc1CN(C)C(=O)c1cc(F)c(F)c(F)c1. The Labute approximate surface area is 113 Å². The third kappa shape index (κ3) is 2.68. The normalized spacial score (nSPS) is 10.7. The molecule has 2 aromatic rings. The highest BCUT2D eigenvalue weighted by Crippen LogP contribution is 2.17. The Bertz CT molecular complexity index is 629. The molecule has 0 saturated carbocycles. The Kier molecular flexibility index (Phi) is 3.83. The second-order valence-corrected chi connectivity index (χ2v) is 4.42. The maximum atomic E-state index is 13.1. The van der Waals surface area contributed by atoms with E-state index in [1.807, 2.05) is 0 Å². The number of aryl methyl sites for hydroxylation is 1. The zero-order chi connectivity index (χ0) is 14.9. The van der Waals surface area contributed by atoms with Gasteiger partial charge in [0, 0.05) is 24.7 Å². The first-order valence-electron chi connectivity index (χ1n) is 5.83. The number of benzene rings is 1. The van der Waals surface area contributed by atoms with Crippen molar-refractivity contribution in [2.45, 2.75) is 13.5 Å². The van der Waals surface area contributed by atoms with Gasteiger partial charge in [0.05, 0.1) is 6.26 Å². The summed E-state index contributed by atoms with van der Waals surface area (Å²) in [5, 5.41) is 0. The van der Waals surface area contributed by atoms with Gasteiger partial charge in [-0.1, -0.05) is 0 Å². The fraction of sp³-hybridized carbons (Fsp3) is 0.214. The van der Waals surface area contributed by atoms with E-state index in [-0.39, 0.29) is 12.1 Å². The van der Waals surface area contributed by atoms with E-state index in [9.17, 15) is 18.0 Å². The van der Waals surface area contributed by atoms with Gasteiger partial charge in [-0.25, -0.2) is 13.2 Å². The third-order valence-corrected chi connectivity index (χ3v) is 2.95. The summed E-state index contributed by atoms with van der Waals surface area (Å²) < 4.78 is 44.2. The van der Waals surface area contributed by atoms with Gasteiger partial charge in [-0.05, 0) is 25.1 Å². The van der Waals surface area contributed by atoms with E-state index in [0.29, 0.717) is 17.9 Å². The highest BCUT2D eigenvalue weighted by Gasteiger charge is 2.18. The molecule has 106 valence electrons. The lowest BCUT2D eigenvalue weighted by molar-refractivity contribution is 0.0783. The summed E-state index contributed by atoms with van der Waals surface area (Å²) in [6.45, 7) is 1.96. The van der Waals surface area contributed by atoms with Gasteiger partial charge in [0.2, 0.25) is 0 Å². The van der Waals surface area contributed by atoms with Crippen molar-refractivity contribution in [1.82, 2.24) is 4.90 Å². The van der Waals surface area contributed by atoms with Crippen LogP contribution in [0.25, 0.3) is 0 Å². The van der Waals surface area contributed by atoms with Gasteiger partial charge in [0.25, 0.3) is 5.91 Å². The largest absolute Gasteiger partial charge is 0.469 e. The highest BCUT2D eigenvalue weighted by atomic mass is 19.2. The first kappa shape index (κ1) is 14.2. The monoisotopic (exact) mass is 283 g/mol. The van der Waals surface area contributed by atoms with E-state index in [1.54, 1.807) is 13.0 Å². The zero-order valence-corrected chi connectivity index (χ0v) is 10.9. The molecule has 1 aromatic carbocycles. The molecule has 1 heterocycles. The van der Waals surface area contributed by atoms with Crippen LogP contribution in [0.2, 0.25) is 0 Å². The van der Waals surface area contributed by atoms with Crippen LogP contribution in [0, 0.1) is 24.4 Å². The summed E-state index contributed by atoms with van der Waals surface area (Å²) in [6.07, 6.45) is 1.49. The van der Waals surface area contributed by atoms with Crippen LogP contribution < -0.4 is 0 Å². The van der Waals surface area contributed by atoms with E-state index < -0.39 is 23.4 Å². The smallest absolute Gasteiger partial charge is 0.254 e. The maximum Gasteiger partial charge on any atom is 0.254 e. The number of nitrogens with zero attached hydrogens (tertiary/aromatic N) is 1. The highest BCUT2D eigenvalue weighted by molar-refractivity contribution is 5.94. The number of rotatable bonds is 3. The van der Waals surface area contributed by atoms with Crippen molar-refractivity contribution in [3.05, 3.63) is 58.8 Å². The Morgan fingerprint density at radius 1 is 1.25 bits per heavy atom. The standard InChI is InChI=1S/C14H12F3NO2/c1-8-9(3-4-20-8)7-18(2)14(19)10-5-11(15)13(17)12(16)6-10/h3-6H,7H2,1-2H3. The van der Waals surface area contributed by atoms with Crippen molar-refractivity contribution in [3.63, 3.8) is 0 Å². The topological polar surface area (TPSA) is 33.5 Å². The van der Waals surface area contributed by atoms with Crippen LogP contribution in [0.3, 0.4) is 0 Å². The molecule has 0 aliphatic heterocycles. The van der Waals surface area contributed by atoms with Crippen LogP contribution in [0.15, 0.2) is 28.9 Å². The Hall–Kier alpha value is -2.24. The molecule has 20 heavy (non-hydrogen) atoms. The first-order valence-corrected chi connectivity index (χ1v) is 5.83. The summed E-state index contributed by atoms with van der Waals surface area (Å²) in [5.74, 6) is -4.32. The summed E-state index contributed by atoms with van der Waals surface area (Å²) in [7, 11) is 1.48. The summed E-state index contributed by atoms with van der Waals surface area (Å²) in [4.78, 5) is 13.3. The quantitative estimate of drug-likeness (QED) is 0.810. The number of hydrogen-bond donors (Lipinski definition) is 0. The van der Waals surface area contributed by atoms with Gasteiger partial charge in [-0.3, -0.25) is 4.79 Å². The number of carbonyl (C=O) groups is 1. The molecule has 0 aliphatic rings. The lowest BCUT2D eigenvalue weighted by Gasteiger charge is -2.17. The number of halogens is 3. The van der Waals surface area contributed by atoms with Crippen LogP contribution in [0.4, 0.5) is 13.2 Å². The van der Waals surface area contributed by atoms with E-state index in [4.69, 9.17) is 4.42 Å². The van der Waals surface area contributed by atoms with E-state index in [1.165, 1.54) is 18.2 Å². The summed E-state index contributed by atoms with van der Waals surface area (Å²) >= 11 is 0. The van der Waals surface area contributed by atoms with Crippen molar-refractivity contribution in [2.75, 3.05) is 7.05 Å². The lowest BCUT2D eigenvalue weighted by Crippen LogP contribution is -2.26. The molecule has 2 rings (SSSR count). The van der Waals surface area contributed by atoms with Crippen LogP contribution in [-0.2, 0) is 6.54 Å². The predicted octanol–water partition coefficient (Wildman–Crippen LogP) is 3.28. The van der Waals surface area contributed by atoms with E-state index >= 15 is 0 Å². The van der Waals surface area contributed by atoms with Crippen LogP contribution in [0.1, 0.15) is 21.7 Å². The number of amides is 1. The van der Waals surface area contributed by atoms with Crippen LogP contribution in [-0.4, -0.2) is 17.9 Å². The van der Waals surface area contributed by atoms with Gasteiger partial charge in [0.1, 0.15) is 5.76 Å². The van der Waals surface area contributed by atoms with E-state index in [2.05, 4.69) is 0 Å². The maximum absolute atomic E-state index is 13.1. The molecule has 0 atom stereocenters. The van der Waals surface area contributed by atoms with Crippen molar-refractivity contribution in [2.24, 2.45) is 0 Å². The molecule has 1 amide bonds. The Morgan fingerprint density at radius 3 is 2.35 bits per heavy atom. The average molecular weight is 283 g/mol. The molecular weight excluding hydrogens is 271 g/mol. The van der Waals surface area contributed by atoms with E-state index in [0.717, 1.165) is 5.56 Å². The lowest BCUT2D eigenvalue weighted by atomic mass is 10.1. The third-order valence-electron chi connectivity index (χ3n) is 2.95. The molecule has 0 saturated heterocycles. The predicted molar refractivity (Wildman–Crippen MR) is 65.6 cm³/mol. The second-order valence-electron chi connectivity index (χ2n) is 4.42. The Morgan fingerprint density at radius 2 is 1.85 bits per heavy atom. The minimum atomic E-state index is -1.59. The second kappa shape index (κ2) is 5.40. The molecule has 3 nitrogen and oxygen atoms in total. The number of carbonyl (C=O) groups excluding carboxylic acids is 1. The van der Waals surface area contributed by atoms with Crippen molar-refractivity contribution in [1.29, 1.82) is 0 Å². The van der Waals surface area contributed by atoms with Gasteiger partial charge in [-0.15, -0.1) is 0 Å². The molecule has 0 radical (unpaired) electrons. The average Bonchev–Trinajstić information content (AvgIpc) is 2.80. The minimum Gasteiger partial charge on any atom is -0.469 e.